The molecule has 0 fully saturated rings. The second-order valence-corrected chi connectivity index (χ2v) is 9.12. The topological polar surface area (TPSA) is 113 Å². The van der Waals surface area contributed by atoms with Gasteiger partial charge in [-0.3, -0.25) is 18.8 Å². The first-order valence-electron chi connectivity index (χ1n) is 11.7. The fraction of sp³-hybridized carbons (Fsp3) is 0.269. The summed E-state index contributed by atoms with van der Waals surface area (Å²) < 4.78 is 10.5. The van der Waals surface area contributed by atoms with Gasteiger partial charge in [0.25, 0.3) is 11.5 Å². The van der Waals surface area contributed by atoms with Crippen LogP contribution in [0.25, 0.3) is 11.4 Å². The summed E-state index contributed by atoms with van der Waals surface area (Å²) in [6, 6.07) is 15.9. The van der Waals surface area contributed by atoms with Gasteiger partial charge in [0.15, 0.2) is 11.3 Å². The first-order chi connectivity index (χ1) is 17.8. The summed E-state index contributed by atoms with van der Waals surface area (Å²) in [7, 11) is 1.74. The SMILES string of the molecule is CCC(OC(=O)c1ccc(-n2c(C)nnc2SC)cc1)C(=O)Nc1c(C)n(C)n(-c2ccccc2)c1=O. The molecule has 1 amide bonds. The lowest BCUT2D eigenvalue weighted by Gasteiger charge is -2.16. The highest BCUT2D eigenvalue weighted by Crippen LogP contribution is 2.21. The van der Waals surface area contributed by atoms with Crippen LogP contribution in [-0.2, 0) is 16.6 Å². The quantitative estimate of drug-likeness (QED) is 0.279. The van der Waals surface area contributed by atoms with Gasteiger partial charge in [-0.25, -0.2) is 9.48 Å². The molecular formula is C26H28N6O4S. The Morgan fingerprint density at radius 2 is 1.70 bits per heavy atom. The smallest absolute Gasteiger partial charge is 0.338 e. The number of rotatable bonds is 8. The molecule has 1 atom stereocenters. The number of hydrogen-bond donors (Lipinski definition) is 1. The molecular weight excluding hydrogens is 492 g/mol. The highest BCUT2D eigenvalue weighted by atomic mass is 32.2. The van der Waals surface area contributed by atoms with Crippen LogP contribution in [0.2, 0.25) is 0 Å². The molecule has 192 valence electrons. The normalized spacial score (nSPS) is 11.8. The van der Waals surface area contributed by atoms with Crippen LogP contribution in [0.15, 0.2) is 64.5 Å². The van der Waals surface area contributed by atoms with E-state index >= 15 is 0 Å². The van der Waals surface area contributed by atoms with E-state index in [0.29, 0.717) is 16.9 Å². The number of hydrogen-bond acceptors (Lipinski definition) is 7. The summed E-state index contributed by atoms with van der Waals surface area (Å²) in [5.74, 6) is -0.473. The standard InChI is InChI=1S/C26H28N6O4S/c1-6-21(23(33)27-22-16(2)30(4)32(24(22)34)20-10-8-7-9-11-20)36-25(35)18-12-14-19(15-13-18)31-17(3)28-29-26(31)37-5/h7-15,21H,6H2,1-5H3,(H,27,33). The molecule has 0 saturated carbocycles. The van der Waals surface area contributed by atoms with E-state index in [1.54, 1.807) is 62.0 Å². The Balaban J connectivity index is 1.50. The molecule has 0 bridgehead atoms. The van der Waals surface area contributed by atoms with Crippen LogP contribution in [0.4, 0.5) is 5.69 Å². The predicted molar refractivity (Wildman–Crippen MR) is 142 cm³/mol. The number of thioether (sulfide) groups is 1. The molecule has 2 aromatic carbocycles. The van der Waals surface area contributed by atoms with Crippen molar-refractivity contribution in [2.45, 2.75) is 38.5 Å². The number of aryl methyl sites for hydroxylation is 1. The fourth-order valence-corrected chi connectivity index (χ4v) is 4.50. The molecule has 2 aromatic heterocycles. The van der Waals surface area contributed by atoms with Crippen LogP contribution >= 0.6 is 11.8 Å². The van der Waals surface area contributed by atoms with Crippen molar-refractivity contribution in [2.75, 3.05) is 11.6 Å². The molecule has 10 nitrogen and oxygen atoms in total. The zero-order valence-electron chi connectivity index (χ0n) is 21.3. The third-order valence-corrected chi connectivity index (χ3v) is 6.68. The number of anilines is 1. The number of benzene rings is 2. The van der Waals surface area contributed by atoms with Gasteiger partial charge in [-0.05, 0) is 62.9 Å². The van der Waals surface area contributed by atoms with E-state index in [4.69, 9.17) is 4.74 Å². The van der Waals surface area contributed by atoms with Crippen molar-refractivity contribution in [3.63, 3.8) is 0 Å². The molecule has 0 spiro atoms. The Hall–Kier alpha value is -4.12. The zero-order valence-corrected chi connectivity index (χ0v) is 22.1. The van der Waals surface area contributed by atoms with Gasteiger partial charge in [0, 0.05) is 12.7 Å². The maximum Gasteiger partial charge on any atom is 0.338 e. The summed E-state index contributed by atoms with van der Waals surface area (Å²) in [5, 5.41) is 11.6. The van der Waals surface area contributed by atoms with Gasteiger partial charge in [0.05, 0.1) is 16.9 Å². The van der Waals surface area contributed by atoms with Crippen molar-refractivity contribution >= 4 is 29.3 Å². The molecule has 2 heterocycles. The number of carbonyl (C=O) groups is 2. The number of para-hydroxylation sites is 1. The van der Waals surface area contributed by atoms with Crippen molar-refractivity contribution < 1.29 is 14.3 Å². The summed E-state index contributed by atoms with van der Waals surface area (Å²) in [6.07, 6.45) is 1.08. The van der Waals surface area contributed by atoms with Gasteiger partial charge in [-0.15, -0.1) is 10.2 Å². The highest BCUT2D eigenvalue weighted by Gasteiger charge is 2.26. The number of amides is 1. The third kappa shape index (κ3) is 5.08. The Bertz CT molecular complexity index is 1490. The molecule has 1 unspecified atom stereocenters. The molecule has 0 saturated heterocycles. The number of carbonyl (C=O) groups excluding carboxylic acids is 2. The monoisotopic (exact) mass is 520 g/mol. The first-order valence-corrected chi connectivity index (χ1v) is 12.9. The van der Waals surface area contributed by atoms with Crippen molar-refractivity contribution in [2.24, 2.45) is 7.05 Å². The Morgan fingerprint density at radius 1 is 1.03 bits per heavy atom. The Labute approximate surface area is 218 Å². The minimum atomic E-state index is -1.07. The molecule has 1 N–H and O–H groups in total. The predicted octanol–water partition coefficient (Wildman–Crippen LogP) is 3.67. The van der Waals surface area contributed by atoms with Crippen LogP contribution in [0.3, 0.4) is 0 Å². The lowest BCUT2D eigenvalue weighted by atomic mass is 10.2. The number of esters is 1. The molecule has 0 radical (unpaired) electrons. The van der Waals surface area contributed by atoms with Crippen LogP contribution in [0.5, 0.6) is 0 Å². The average molecular weight is 521 g/mol. The number of ether oxygens (including phenoxy) is 1. The Kier molecular flexibility index (Phi) is 7.63. The van der Waals surface area contributed by atoms with Crippen LogP contribution in [-0.4, -0.2) is 48.4 Å². The second kappa shape index (κ2) is 10.9. The fourth-order valence-electron chi connectivity index (χ4n) is 3.95. The number of nitrogens with zero attached hydrogens (tertiary/aromatic N) is 5. The van der Waals surface area contributed by atoms with Crippen molar-refractivity contribution in [1.82, 2.24) is 24.1 Å². The van der Waals surface area contributed by atoms with Crippen molar-refractivity contribution in [1.29, 1.82) is 0 Å². The summed E-state index contributed by atoms with van der Waals surface area (Å²) in [6.45, 7) is 5.33. The molecule has 4 rings (SSSR count). The number of aromatic nitrogens is 5. The van der Waals surface area contributed by atoms with Gasteiger partial charge in [-0.1, -0.05) is 36.9 Å². The van der Waals surface area contributed by atoms with Gasteiger partial charge in [0.1, 0.15) is 11.5 Å². The van der Waals surface area contributed by atoms with Crippen LogP contribution < -0.4 is 10.9 Å². The van der Waals surface area contributed by atoms with Gasteiger partial charge in [0.2, 0.25) is 0 Å². The Morgan fingerprint density at radius 3 is 2.32 bits per heavy atom. The summed E-state index contributed by atoms with van der Waals surface area (Å²) >= 11 is 1.47. The maximum atomic E-state index is 13.1. The van der Waals surface area contributed by atoms with Crippen LogP contribution in [0, 0.1) is 13.8 Å². The summed E-state index contributed by atoms with van der Waals surface area (Å²) in [4.78, 5) is 39.0. The molecule has 0 aliphatic heterocycles. The van der Waals surface area contributed by atoms with Gasteiger partial charge >= 0.3 is 5.97 Å². The van der Waals surface area contributed by atoms with Crippen molar-refractivity contribution in [3.8, 4) is 11.4 Å². The minimum absolute atomic E-state index is 0.143. The van der Waals surface area contributed by atoms with Gasteiger partial charge in [-0.2, -0.15) is 0 Å². The minimum Gasteiger partial charge on any atom is -0.449 e. The maximum absolute atomic E-state index is 13.1. The van der Waals surface area contributed by atoms with Crippen LogP contribution in [0.1, 0.15) is 35.2 Å². The molecule has 11 heteroatoms. The summed E-state index contributed by atoms with van der Waals surface area (Å²) in [5.41, 5.74) is 2.13. The molecule has 37 heavy (non-hydrogen) atoms. The first kappa shape index (κ1) is 26.0. The number of nitrogens with one attached hydrogen (secondary N) is 1. The van der Waals surface area contributed by atoms with E-state index in [1.807, 2.05) is 35.9 Å². The van der Waals surface area contributed by atoms with Crippen molar-refractivity contribution in [3.05, 3.63) is 82.0 Å². The van der Waals surface area contributed by atoms with Gasteiger partial charge < -0.3 is 10.1 Å². The second-order valence-electron chi connectivity index (χ2n) is 8.34. The zero-order chi connectivity index (χ0) is 26.7. The van der Waals surface area contributed by atoms with E-state index in [1.165, 1.54) is 16.4 Å². The molecule has 0 aliphatic carbocycles. The molecule has 0 aliphatic rings. The highest BCUT2D eigenvalue weighted by molar-refractivity contribution is 7.98. The lowest BCUT2D eigenvalue weighted by molar-refractivity contribution is -0.124. The van der Waals surface area contributed by atoms with E-state index in [0.717, 1.165) is 16.7 Å². The van der Waals surface area contributed by atoms with E-state index in [2.05, 4.69) is 15.5 Å². The molecule has 4 aromatic rings. The van der Waals surface area contributed by atoms with E-state index < -0.39 is 18.0 Å². The largest absolute Gasteiger partial charge is 0.449 e. The van der Waals surface area contributed by atoms with E-state index in [-0.39, 0.29) is 17.7 Å². The van der Waals surface area contributed by atoms with E-state index in [9.17, 15) is 14.4 Å². The third-order valence-electron chi connectivity index (χ3n) is 6.05. The lowest BCUT2D eigenvalue weighted by Crippen LogP contribution is -2.33. The average Bonchev–Trinajstić information content (AvgIpc) is 3.39.